The molecule has 36 heavy (non-hydrogen) atoms. The molecule has 1 aliphatic rings. The highest BCUT2D eigenvalue weighted by Crippen LogP contribution is 2.39. The molecule has 2 amide bonds. The highest BCUT2D eigenvalue weighted by Gasteiger charge is 2.28. The molecule has 3 aromatic rings. The molecular weight excluding hydrogens is 474 g/mol. The largest absolute Gasteiger partial charge is 0.449 e. The molecule has 0 radical (unpaired) electrons. The molecular formula is C27H31N5O3S. The van der Waals surface area contributed by atoms with Crippen molar-refractivity contribution in [1.82, 2.24) is 15.1 Å². The van der Waals surface area contributed by atoms with Gasteiger partial charge in [-0.3, -0.25) is 9.48 Å². The van der Waals surface area contributed by atoms with Crippen molar-refractivity contribution >= 4 is 28.3 Å². The Labute approximate surface area is 215 Å². The van der Waals surface area contributed by atoms with Gasteiger partial charge < -0.3 is 15.4 Å². The average Bonchev–Trinajstić information content (AvgIpc) is 3.45. The third-order valence-electron chi connectivity index (χ3n) is 6.68. The summed E-state index contributed by atoms with van der Waals surface area (Å²) in [5.74, 6) is 0.155. The molecule has 0 saturated carbocycles. The molecule has 2 aromatic heterocycles. The maximum absolute atomic E-state index is 12.7. The van der Waals surface area contributed by atoms with Crippen molar-refractivity contribution < 1.29 is 14.3 Å². The Hall–Kier alpha value is -3.64. The monoisotopic (exact) mass is 505 g/mol. The molecule has 4 rings (SSSR count). The van der Waals surface area contributed by atoms with Crippen LogP contribution in [0, 0.1) is 17.2 Å². The number of nitrogens with zero attached hydrogens (tertiary/aromatic N) is 3. The molecule has 0 bridgehead atoms. The number of hydrogen-bond acceptors (Lipinski definition) is 6. The number of benzene rings is 1. The zero-order chi connectivity index (χ0) is 25.7. The number of nitriles is 1. The fourth-order valence-electron chi connectivity index (χ4n) is 4.65. The summed E-state index contributed by atoms with van der Waals surface area (Å²) >= 11 is 1.47. The number of carbonyl (C=O) groups excluding carboxylic acids is 2. The Bertz CT molecular complexity index is 1260. The molecule has 0 saturated heterocycles. The molecule has 3 atom stereocenters. The van der Waals surface area contributed by atoms with Crippen molar-refractivity contribution in [3.8, 4) is 6.07 Å². The highest BCUT2D eigenvalue weighted by molar-refractivity contribution is 7.16. The Morgan fingerprint density at radius 2 is 2.06 bits per heavy atom. The van der Waals surface area contributed by atoms with Gasteiger partial charge in [-0.05, 0) is 55.2 Å². The lowest BCUT2D eigenvalue weighted by Crippen LogP contribution is -2.31. The van der Waals surface area contributed by atoms with Gasteiger partial charge in [0.25, 0.3) is 0 Å². The molecule has 9 heteroatoms. The molecule has 3 unspecified atom stereocenters. The van der Waals surface area contributed by atoms with Crippen molar-refractivity contribution in [2.24, 2.45) is 13.0 Å². The number of alkyl carbamates (subject to hydrolysis) is 1. The Balaban J connectivity index is 1.32. The van der Waals surface area contributed by atoms with Crippen LogP contribution >= 0.6 is 11.3 Å². The van der Waals surface area contributed by atoms with Crippen LogP contribution in [0.4, 0.5) is 9.80 Å². The summed E-state index contributed by atoms with van der Waals surface area (Å²) in [7, 11) is 1.83. The lowest BCUT2D eigenvalue weighted by Gasteiger charge is -2.22. The second-order valence-corrected chi connectivity index (χ2v) is 10.4. The van der Waals surface area contributed by atoms with E-state index in [-0.39, 0.29) is 23.8 Å². The first-order valence-electron chi connectivity index (χ1n) is 12.2. The Morgan fingerprint density at radius 1 is 1.28 bits per heavy atom. The fourth-order valence-corrected chi connectivity index (χ4v) is 5.98. The second-order valence-electron chi connectivity index (χ2n) is 9.34. The van der Waals surface area contributed by atoms with E-state index in [1.165, 1.54) is 11.3 Å². The molecule has 1 aromatic carbocycles. The Morgan fingerprint density at radius 3 is 2.75 bits per heavy atom. The van der Waals surface area contributed by atoms with Gasteiger partial charge in [0, 0.05) is 24.5 Å². The van der Waals surface area contributed by atoms with E-state index in [4.69, 9.17) is 4.74 Å². The summed E-state index contributed by atoms with van der Waals surface area (Å²) in [6, 6.07) is 13.9. The number of rotatable bonds is 8. The standard InChI is InChI=1S/C27H31N5O3S/c1-17(20-7-5-4-6-8-20)13-25(33)31-26-22(15-28)21-10-9-19(14-24(21)36-26)16-35-27(34)30-18(2)23-11-12-29-32(23)3/h4-8,11-12,17-19H,9-10,13-14,16H2,1-3H3,(H,30,34)(H,31,33). The SMILES string of the molecule is CC(CC(=O)Nc1sc2c(c1C#N)CCC(COC(=O)NC(C)c1ccnn1C)C2)c1ccccc1. The minimum atomic E-state index is -0.459. The van der Waals surface area contributed by atoms with E-state index in [1.54, 1.807) is 10.9 Å². The Kier molecular flexibility index (Phi) is 8.06. The van der Waals surface area contributed by atoms with Crippen molar-refractivity contribution in [2.75, 3.05) is 11.9 Å². The average molecular weight is 506 g/mol. The predicted octanol–water partition coefficient (Wildman–Crippen LogP) is 5.08. The summed E-state index contributed by atoms with van der Waals surface area (Å²) in [6.45, 7) is 4.22. The van der Waals surface area contributed by atoms with Crippen LogP contribution in [-0.4, -0.2) is 28.4 Å². The van der Waals surface area contributed by atoms with Crippen molar-refractivity contribution in [2.45, 2.75) is 51.5 Å². The normalized spacial score (nSPS) is 16.3. The summed E-state index contributed by atoms with van der Waals surface area (Å²) < 4.78 is 7.23. The van der Waals surface area contributed by atoms with Gasteiger partial charge in [0.2, 0.25) is 5.91 Å². The smallest absolute Gasteiger partial charge is 0.407 e. The van der Waals surface area contributed by atoms with Crippen molar-refractivity contribution in [1.29, 1.82) is 5.26 Å². The summed E-state index contributed by atoms with van der Waals surface area (Å²) in [4.78, 5) is 26.1. The molecule has 0 aliphatic heterocycles. The summed E-state index contributed by atoms with van der Waals surface area (Å²) in [5, 5.41) is 20.3. The van der Waals surface area contributed by atoms with E-state index in [0.29, 0.717) is 23.6 Å². The number of carbonyl (C=O) groups is 2. The van der Waals surface area contributed by atoms with Crippen LogP contribution in [-0.2, 0) is 29.4 Å². The number of aromatic nitrogens is 2. The number of amides is 2. The molecule has 2 N–H and O–H groups in total. The van der Waals surface area contributed by atoms with Crippen LogP contribution in [0.2, 0.25) is 0 Å². The third-order valence-corrected chi connectivity index (χ3v) is 7.85. The number of hydrogen-bond donors (Lipinski definition) is 2. The van der Waals surface area contributed by atoms with Crippen LogP contribution in [0.1, 0.15) is 65.9 Å². The van der Waals surface area contributed by atoms with E-state index < -0.39 is 6.09 Å². The first kappa shape index (κ1) is 25.5. The topological polar surface area (TPSA) is 109 Å². The van der Waals surface area contributed by atoms with Gasteiger partial charge in [0.05, 0.1) is 23.9 Å². The van der Waals surface area contributed by atoms with E-state index >= 15 is 0 Å². The number of thiophene rings is 1. The number of fused-ring (bicyclic) bond motifs is 1. The second kappa shape index (κ2) is 11.4. The molecule has 8 nitrogen and oxygen atoms in total. The molecule has 1 aliphatic carbocycles. The summed E-state index contributed by atoms with van der Waals surface area (Å²) in [6.07, 6.45) is 3.85. The van der Waals surface area contributed by atoms with Crippen molar-refractivity contribution in [3.05, 3.63) is 69.9 Å². The fraction of sp³-hybridized carbons (Fsp3) is 0.407. The van der Waals surface area contributed by atoms with Gasteiger partial charge in [-0.1, -0.05) is 37.3 Å². The van der Waals surface area contributed by atoms with Gasteiger partial charge in [-0.15, -0.1) is 11.3 Å². The quantitative estimate of drug-likeness (QED) is 0.444. The van der Waals surface area contributed by atoms with Gasteiger partial charge in [0.1, 0.15) is 11.1 Å². The van der Waals surface area contributed by atoms with E-state index in [9.17, 15) is 14.9 Å². The van der Waals surface area contributed by atoms with E-state index in [0.717, 1.165) is 41.0 Å². The van der Waals surface area contributed by atoms with Gasteiger partial charge >= 0.3 is 6.09 Å². The maximum atomic E-state index is 12.7. The zero-order valence-corrected chi connectivity index (χ0v) is 21.6. The maximum Gasteiger partial charge on any atom is 0.407 e. The molecule has 188 valence electrons. The molecule has 0 spiro atoms. The van der Waals surface area contributed by atoms with Crippen LogP contribution in [0.15, 0.2) is 42.6 Å². The predicted molar refractivity (Wildman–Crippen MR) is 139 cm³/mol. The minimum Gasteiger partial charge on any atom is -0.449 e. The van der Waals surface area contributed by atoms with Gasteiger partial charge in [-0.25, -0.2) is 4.79 Å². The van der Waals surface area contributed by atoms with Crippen LogP contribution in [0.5, 0.6) is 0 Å². The number of ether oxygens (including phenoxy) is 1. The summed E-state index contributed by atoms with van der Waals surface area (Å²) in [5.41, 5.74) is 3.59. The van der Waals surface area contributed by atoms with E-state index in [1.807, 2.05) is 57.3 Å². The number of nitrogens with one attached hydrogen (secondary N) is 2. The van der Waals surface area contributed by atoms with Crippen molar-refractivity contribution in [3.63, 3.8) is 0 Å². The lowest BCUT2D eigenvalue weighted by atomic mass is 9.88. The first-order chi connectivity index (χ1) is 17.4. The first-order valence-corrected chi connectivity index (χ1v) is 13.0. The van der Waals surface area contributed by atoms with E-state index in [2.05, 4.69) is 21.8 Å². The van der Waals surface area contributed by atoms with Crippen LogP contribution < -0.4 is 10.6 Å². The van der Waals surface area contributed by atoms with Crippen LogP contribution in [0.25, 0.3) is 0 Å². The van der Waals surface area contributed by atoms with Gasteiger partial charge in [-0.2, -0.15) is 10.4 Å². The number of anilines is 1. The molecule has 0 fully saturated rings. The number of aryl methyl sites for hydroxylation is 1. The third kappa shape index (κ3) is 5.94. The molecule has 2 heterocycles. The highest BCUT2D eigenvalue weighted by atomic mass is 32.1. The zero-order valence-electron chi connectivity index (χ0n) is 20.8. The lowest BCUT2D eigenvalue weighted by molar-refractivity contribution is -0.116. The van der Waals surface area contributed by atoms with Gasteiger partial charge in [0.15, 0.2) is 0 Å². The minimum absolute atomic E-state index is 0.0830. The van der Waals surface area contributed by atoms with Crippen LogP contribution in [0.3, 0.4) is 0 Å².